The van der Waals surface area contributed by atoms with Crippen molar-refractivity contribution in [2.24, 2.45) is 0 Å². The standard InChI is InChI=1S/C21H20N4O5S/c26-17(23-24-19(27)12-5-6-14-15(9-12)30-11-29-14)7-8-25-10-22-20-18(21(25)28)13-3-1-2-4-16(13)31-20/h5-6,9-10H,1-4,7-8,11H2,(H,23,26)(H,24,27). The van der Waals surface area contributed by atoms with Crippen molar-refractivity contribution >= 4 is 33.4 Å². The van der Waals surface area contributed by atoms with Crippen molar-refractivity contribution in [3.63, 3.8) is 0 Å². The van der Waals surface area contributed by atoms with Gasteiger partial charge in [0.25, 0.3) is 11.5 Å². The molecule has 2 amide bonds. The summed E-state index contributed by atoms with van der Waals surface area (Å²) in [6, 6.07) is 4.76. The van der Waals surface area contributed by atoms with E-state index in [9.17, 15) is 14.4 Å². The zero-order valence-electron chi connectivity index (χ0n) is 16.6. The van der Waals surface area contributed by atoms with Crippen molar-refractivity contribution in [3.05, 3.63) is 50.9 Å². The molecular formula is C21H20N4O5S. The van der Waals surface area contributed by atoms with Gasteiger partial charge in [0.2, 0.25) is 12.7 Å². The molecule has 2 aliphatic rings. The van der Waals surface area contributed by atoms with Crippen LogP contribution in [-0.2, 0) is 24.2 Å². The molecule has 9 nitrogen and oxygen atoms in total. The summed E-state index contributed by atoms with van der Waals surface area (Å²) in [5.41, 5.74) is 6.09. The van der Waals surface area contributed by atoms with E-state index in [2.05, 4.69) is 15.8 Å². The number of nitrogens with one attached hydrogen (secondary N) is 2. The van der Waals surface area contributed by atoms with E-state index in [-0.39, 0.29) is 25.3 Å². The number of aromatic nitrogens is 2. The first-order chi connectivity index (χ1) is 15.1. The van der Waals surface area contributed by atoms with Gasteiger partial charge in [-0.05, 0) is 49.4 Å². The summed E-state index contributed by atoms with van der Waals surface area (Å²) in [7, 11) is 0. The molecule has 10 heteroatoms. The summed E-state index contributed by atoms with van der Waals surface area (Å²) in [5.74, 6) is 0.172. The largest absolute Gasteiger partial charge is 0.454 e. The molecule has 0 fully saturated rings. The van der Waals surface area contributed by atoms with Gasteiger partial charge in [-0.25, -0.2) is 4.98 Å². The molecule has 0 spiro atoms. The molecule has 2 N–H and O–H groups in total. The number of ether oxygens (including phenoxy) is 2. The van der Waals surface area contributed by atoms with Crippen LogP contribution in [0.5, 0.6) is 11.5 Å². The Labute approximate surface area is 181 Å². The van der Waals surface area contributed by atoms with Gasteiger partial charge in [0, 0.05) is 23.4 Å². The van der Waals surface area contributed by atoms with Crippen LogP contribution >= 0.6 is 11.3 Å². The summed E-state index contributed by atoms with van der Waals surface area (Å²) in [6.45, 7) is 0.295. The number of rotatable bonds is 4. The zero-order chi connectivity index (χ0) is 21.4. The van der Waals surface area contributed by atoms with E-state index in [0.717, 1.165) is 36.1 Å². The van der Waals surface area contributed by atoms with Crippen LogP contribution < -0.4 is 25.9 Å². The molecule has 0 unspecified atom stereocenters. The maximum atomic E-state index is 12.9. The van der Waals surface area contributed by atoms with Gasteiger partial charge in [-0.2, -0.15) is 0 Å². The van der Waals surface area contributed by atoms with Crippen molar-refractivity contribution < 1.29 is 19.1 Å². The van der Waals surface area contributed by atoms with Gasteiger partial charge < -0.3 is 9.47 Å². The van der Waals surface area contributed by atoms with Crippen LogP contribution in [0, 0.1) is 0 Å². The normalized spacial score (nSPS) is 14.3. The van der Waals surface area contributed by atoms with Gasteiger partial charge in [0.1, 0.15) is 4.83 Å². The lowest BCUT2D eigenvalue weighted by Gasteiger charge is -2.11. The number of hydrazine groups is 1. The van der Waals surface area contributed by atoms with Crippen molar-refractivity contribution in [1.29, 1.82) is 0 Å². The van der Waals surface area contributed by atoms with E-state index in [0.29, 0.717) is 22.4 Å². The summed E-state index contributed by atoms with van der Waals surface area (Å²) in [6.07, 6.45) is 5.65. The third-order valence-electron chi connectivity index (χ3n) is 5.47. The van der Waals surface area contributed by atoms with Crippen molar-refractivity contribution in [1.82, 2.24) is 20.4 Å². The van der Waals surface area contributed by atoms with E-state index in [1.54, 1.807) is 29.5 Å². The van der Waals surface area contributed by atoms with Crippen LogP contribution in [0.25, 0.3) is 10.2 Å². The fourth-order valence-electron chi connectivity index (χ4n) is 3.86. The summed E-state index contributed by atoms with van der Waals surface area (Å²) in [4.78, 5) is 43.8. The van der Waals surface area contributed by atoms with Gasteiger partial charge in [-0.3, -0.25) is 29.8 Å². The molecular weight excluding hydrogens is 420 g/mol. The van der Waals surface area contributed by atoms with Crippen molar-refractivity contribution in [3.8, 4) is 11.5 Å². The molecule has 0 saturated carbocycles. The minimum absolute atomic E-state index is 0.0286. The molecule has 3 aromatic rings. The second kappa shape index (κ2) is 8.03. The second-order valence-electron chi connectivity index (χ2n) is 7.45. The van der Waals surface area contributed by atoms with Crippen molar-refractivity contribution in [2.75, 3.05) is 6.79 Å². The number of nitrogens with zero attached hydrogens (tertiary/aromatic N) is 2. The number of amides is 2. The lowest BCUT2D eigenvalue weighted by atomic mass is 9.97. The summed E-state index contributed by atoms with van der Waals surface area (Å²) >= 11 is 1.60. The van der Waals surface area contributed by atoms with Gasteiger partial charge in [0.15, 0.2) is 11.5 Å². The van der Waals surface area contributed by atoms with Gasteiger partial charge >= 0.3 is 0 Å². The molecule has 5 rings (SSSR count). The number of hydrogen-bond acceptors (Lipinski definition) is 7. The minimum Gasteiger partial charge on any atom is -0.454 e. The van der Waals surface area contributed by atoms with Crippen molar-refractivity contribution in [2.45, 2.75) is 38.6 Å². The highest BCUT2D eigenvalue weighted by molar-refractivity contribution is 7.18. The quantitative estimate of drug-likeness (QED) is 0.600. The number of benzene rings is 1. The Morgan fingerprint density at radius 3 is 2.87 bits per heavy atom. The Bertz CT molecular complexity index is 1250. The second-order valence-corrected chi connectivity index (χ2v) is 8.54. The summed E-state index contributed by atoms with van der Waals surface area (Å²) in [5, 5.41) is 0.693. The molecule has 160 valence electrons. The average molecular weight is 440 g/mol. The Hall–Kier alpha value is -3.40. The Morgan fingerprint density at radius 1 is 1.13 bits per heavy atom. The molecule has 0 radical (unpaired) electrons. The predicted octanol–water partition coefficient (Wildman–Crippen LogP) is 1.92. The van der Waals surface area contributed by atoms with Gasteiger partial charge in [-0.1, -0.05) is 0 Å². The molecule has 0 bridgehead atoms. The monoisotopic (exact) mass is 440 g/mol. The fraction of sp³-hybridized carbons (Fsp3) is 0.333. The Balaban J connectivity index is 1.21. The smallest absolute Gasteiger partial charge is 0.269 e. The van der Waals surface area contributed by atoms with E-state index >= 15 is 0 Å². The fourth-order valence-corrected chi connectivity index (χ4v) is 5.08. The third-order valence-corrected chi connectivity index (χ3v) is 6.67. The topological polar surface area (TPSA) is 112 Å². The van der Waals surface area contributed by atoms with Crippen LogP contribution in [0.3, 0.4) is 0 Å². The minimum atomic E-state index is -0.475. The van der Waals surface area contributed by atoms with E-state index in [1.807, 2.05) is 0 Å². The number of fused-ring (bicyclic) bond motifs is 4. The molecule has 1 aromatic carbocycles. The Morgan fingerprint density at radius 2 is 1.97 bits per heavy atom. The lowest BCUT2D eigenvalue weighted by molar-refractivity contribution is -0.122. The molecule has 0 atom stereocenters. The number of aryl methyl sites for hydroxylation is 3. The number of carbonyl (C=O) groups excluding carboxylic acids is 2. The number of carbonyl (C=O) groups is 2. The Kier molecular flexibility index (Phi) is 5.06. The third kappa shape index (κ3) is 3.74. The van der Waals surface area contributed by atoms with Gasteiger partial charge in [-0.15, -0.1) is 11.3 Å². The molecule has 1 aliphatic carbocycles. The highest BCUT2D eigenvalue weighted by Gasteiger charge is 2.20. The van der Waals surface area contributed by atoms with Crippen LogP contribution in [0.1, 0.15) is 40.1 Å². The lowest BCUT2D eigenvalue weighted by Crippen LogP contribution is -2.42. The predicted molar refractivity (Wildman–Crippen MR) is 113 cm³/mol. The molecule has 1 aliphatic heterocycles. The van der Waals surface area contributed by atoms with Crippen LogP contribution in [0.2, 0.25) is 0 Å². The first kappa shape index (κ1) is 19.6. The van der Waals surface area contributed by atoms with Crippen LogP contribution in [-0.4, -0.2) is 28.2 Å². The average Bonchev–Trinajstić information content (AvgIpc) is 3.41. The number of thiophene rings is 1. The van der Waals surface area contributed by atoms with E-state index < -0.39 is 11.8 Å². The maximum absolute atomic E-state index is 12.9. The molecule has 2 aromatic heterocycles. The van der Waals surface area contributed by atoms with Crippen LogP contribution in [0.15, 0.2) is 29.3 Å². The van der Waals surface area contributed by atoms with Gasteiger partial charge in [0.05, 0.1) is 11.7 Å². The zero-order valence-corrected chi connectivity index (χ0v) is 17.4. The first-order valence-corrected chi connectivity index (χ1v) is 10.9. The van der Waals surface area contributed by atoms with E-state index in [4.69, 9.17) is 9.47 Å². The van der Waals surface area contributed by atoms with E-state index in [1.165, 1.54) is 15.8 Å². The molecule has 31 heavy (non-hydrogen) atoms. The molecule has 3 heterocycles. The highest BCUT2D eigenvalue weighted by atomic mass is 32.1. The number of hydrogen-bond donors (Lipinski definition) is 2. The maximum Gasteiger partial charge on any atom is 0.269 e. The molecule has 0 saturated heterocycles. The first-order valence-electron chi connectivity index (χ1n) is 10.1. The SMILES string of the molecule is O=C(CCn1cnc2sc3c(c2c1=O)CCCC3)NNC(=O)c1ccc2c(c1)OCO2. The van der Waals surface area contributed by atoms with Crippen LogP contribution in [0.4, 0.5) is 0 Å². The highest BCUT2D eigenvalue weighted by Crippen LogP contribution is 2.33. The summed E-state index contributed by atoms with van der Waals surface area (Å²) < 4.78 is 11.9.